The van der Waals surface area contributed by atoms with E-state index in [1.807, 2.05) is 0 Å². The summed E-state index contributed by atoms with van der Waals surface area (Å²) in [6, 6.07) is 4.52. The third kappa shape index (κ3) is 7.61. The summed E-state index contributed by atoms with van der Waals surface area (Å²) in [5.74, 6) is -0.0200. The second-order valence-electron chi connectivity index (χ2n) is 8.10. The molecule has 0 radical (unpaired) electrons. The molecule has 0 atom stereocenters. The van der Waals surface area contributed by atoms with E-state index in [2.05, 4.69) is 11.8 Å². The first-order valence-corrected chi connectivity index (χ1v) is 12.9. The minimum atomic E-state index is -3.66. The number of sulfone groups is 1. The monoisotopic (exact) mass is 424 g/mol. The Labute approximate surface area is 175 Å². The summed E-state index contributed by atoms with van der Waals surface area (Å²) in [6.07, 6.45) is 13.3. The van der Waals surface area contributed by atoms with E-state index in [1.54, 1.807) is 6.07 Å². The number of benzene rings is 1. The Hall–Kier alpha value is -1.63. The smallest absolute Gasteiger partial charge is 0.288 e. The minimum absolute atomic E-state index is 0.0200. The van der Waals surface area contributed by atoms with Gasteiger partial charge >= 0.3 is 0 Å². The molecule has 0 amide bonds. The van der Waals surface area contributed by atoms with Gasteiger partial charge in [0, 0.05) is 24.8 Å². The highest BCUT2D eigenvalue weighted by Gasteiger charge is 2.27. The molecule has 2 rings (SSSR count). The van der Waals surface area contributed by atoms with Gasteiger partial charge in [0.05, 0.1) is 10.7 Å². The van der Waals surface area contributed by atoms with Gasteiger partial charge in [-0.25, -0.2) is 8.42 Å². The van der Waals surface area contributed by atoms with Crippen molar-refractivity contribution in [3.8, 4) is 0 Å². The maximum Gasteiger partial charge on any atom is 0.288 e. The van der Waals surface area contributed by atoms with E-state index in [4.69, 9.17) is 0 Å². The molecule has 1 aromatic rings. The molecule has 1 aromatic carbocycles. The molecule has 1 aliphatic rings. The van der Waals surface area contributed by atoms with Crippen molar-refractivity contribution in [2.45, 2.75) is 88.9 Å². The Bertz CT molecular complexity index is 743. The molecule has 1 fully saturated rings. The first-order valence-electron chi connectivity index (χ1n) is 11.2. The number of unbranched alkanes of at least 4 members (excludes halogenated alkanes) is 9. The minimum Gasteiger partial charge on any atom is -0.371 e. The molecule has 0 N–H and O–H groups in total. The second kappa shape index (κ2) is 12.2. The number of hydrogen-bond donors (Lipinski definition) is 0. The van der Waals surface area contributed by atoms with Crippen LogP contribution in [0.25, 0.3) is 0 Å². The van der Waals surface area contributed by atoms with Crippen LogP contribution < -0.4 is 4.90 Å². The van der Waals surface area contributed by atoms with Crippen molar-refractivity contribution >= 4 is 21.2 Å². The van der Waals surface area contributed by atoms with E-state index in [0.29, 0.717) is 6.42 Å². The first-order chi connectivity index (χ1) is 14.0. The summed E-state index contributed by atoms with van der Waals surface area (Å²) in [5, 5.41) is 11.4. The number of nitro groups is 1. The predicted molar refractivity (Wildman–Crippen MR) is 118 cm³/mol. The third-order valence-electron chi connectivity index (χ3n) is 5.71. The van der Waals surface area contributed by atoms with Crippen LogP contribution in [-0.2, 0) is 9.84 Å². The van der Waals surface area contributed by atoms with E-state index < -0.39 is 14.8 Å². The summed E-state index contributed by atoms with van der Waals surface area (Å²) in [4.78, 5) is 12.8. The average molecular weight is 425 g/mol. The van der Waals surface area contributed by atoms with E-state index >= 15 is 0 Å². The van der Waals surface area contributed by atoms with Crippen molar-refractivity contribution in [1.82, 2.24) is 0 Å². The van der Waals surface area contributed by atoms with Crippen molar-refractivity contribution in [3.63, 3.8) is 0 Å². The summed E-state index contributed by atoms with van der Waals surface area (Å²) in [7, 11) is -3.66. The summed E-state index contributed by atoms with van der Waals surface area (Å²) >= 11 is 0. The topological polar surface area (TPSA) is 80.5 Å². The zero-order chi connectivity index (χ0) is 21.1. The lowest BCUT2D eigenvalue weighted by atomic mass is 10.1. The lowest BCUT2D eigenvalue weighted by Gasteiger charge is -2.18. The lowest BCUT2D eigenvalue weighted by molar-refractivity contribution is -0.387. The Kier molecular flexibility index (Phi) is 9.91. The summed E-state index contributed by atoms with van der Waals surface area (Å²) in [6.45, 7) is 3.96. The van der Waals surface area contributed by atoms with Crippen LogP contribution in [0.5, 0.6) is 0 Å². The lowest BCUT2D eigenvalue weighted by Crippen LogP contribution is -2.18. The van der Waals surface area contributed by atoms with Gasteiger partial charge < -0.3 is 4.90 Å². The number of hydrogen-bond acceptors (Lipinski definition) is 5. The fourth-order valence-electron chi connectivity index (χ4n) is 3.96. The quantitative estimate of drug-likeness (QED) is 0.211. The van der Waals surface area contributed by atoms with Gasteiger partial charge in [-0.15, -0.1) is 0 Å². The molecule has 1 heterocycles. The van der Waals surface area contributed by atoms with E-state index in [0.717, 1.165) is 50.9 Å². The van der Waals surface area contributed by atoms with Crippen molar-refractivity contribution in [1.29, 1.82) is 0 Å². The molecule has 0 aliphatic carbocycles. The molecule has 1 aliphatic heterocycles. The van der Waals surface area contributed by atoms with Crippen LogP contribution in [0, 0.1) is 10.1 Å². The van der Waals surface area contributed by atoms with Gasteiger partial charge in [-0.3, -0.25) is 10.1 Å². The molecule has 7 heteroatoms. The van der Waals surface area contributed by atoms with Crippen LogP contribution in [0.4, 0.5) is 11.4 Å². The van der Waals surface area contributed by atoms with Gasteiger partial charge in [0.1, 0.15) is 4.90 Å². The van der Waals surface area contributed by atoms with Crippen LogP contribution in [0.15, 0.2) is 23.1 Å². The van der Waals surface area contributed by atoms with E-state index in [1.165, 1.54) is 50.7 Å². The first kappa shape index (κ1) is 23.6. The molecule has 0 saturated carbocycles. The van der Waals surface area contributed by atoms with Crippen molar-refractivity contribution < 1.29 is 13.3 Å². The van der Waals surface area contributed by atoms with Crippen LogP contribution in [0.1, 0.15) is 84.0 Å². The van der Waals surface area contributed by atoms with Crippen molar-refractivity contribution in [2.24, 2.45) is 0 Å². The molecular weight excluding hydrogens is 388 g/mol. The van der Waals surface area contributed by atoms with Crippen molar-refractivity contribution in [2.75, 3.05) is 23.7 Å². The second-order valence-corrected chi connectivity index (χ2v) is 10.2. The molecule has 164 valence electrons. The largest absolute Gasteiger partial charge is 0.371 e. The predicted octanol–water partition coefficient (Wildman–Crippen LogP) is 5.89. The highest BCUT2D eigenvalue weighted by atomic mass is 32.2. The van der Waals surface area contributed by atoms with Crippen LogP contribution in [0.3, 0.4) is 0 Å². The molecule has 29 heavy (non-hydrogen) atoms. The Morgan fingerprint density at radius 3 is 2.03 bits per heavy atom. The van der Waals surface area contributed by atoms with Crippen LogP contribution in [0.2, 0.25) is 0 Å². The van der Waals surface area contributed by atoms with E-state index in [9.17, 15) is 18.5 Å². The van der Waals surface area contributed by atoms with Gasteiger partial charge in [0.25, 0.3) is 5.69 Å². The number of rotatable bonds is 14. The van der Waals surface area contributed by atoms with Gasteiger partial charge in [0.15, 0.2) is 9.84 Å². The van der Waals surface area contributed by atoms with Gasteiger partial charge in [-0.2, -0.15) is 0 Å². The van der Waals surface area contributed by atoms with Crippen LogP contribution in [-0.4, -0.2) is 32.2 Å². The molecular formula is C22H36N2O4S. The van der Waals surface area contributed by atoms with Gasteiger partial charge in [0.2, 0.25) is 0 Å². The number of nitro benzene ring substituents is 1. The van der Waals surface area contributed by atoms with Gasteiger partial charge in [-0.05, 0) is 31.4 Å². The molecule has 0 bridgehead atoms. The zero-order valence-electron chi connectivity index (χ0n) is 17.8. The number of nitrogens with zero attached hydrogens (tertiary/aromatic N) is 2. The third-order valence-corrected chi connectivity index (χ3v) is 7.54. The van der Waals surface area contributed by atoms with E-state index in [-0.39, 0.29) is 16.3 Å². The standard InChI is InChI=1S/C22H36N2O4S/c1-2-3-4-5-6-7-8-9-10-13-18-29(27,28)22-19-20(23-16-11-12-17-23)14-15-21(22)24(25)26/h14-15,19H,2-13,16-18H2,1H3. The summed E-state index contributed by atoms with van der Waals surface area (Å²) in [5.41, 5.74) is 0.467. The Morgan fingerprint density at radius 1 is 0.931 bits per heavy atom. The SMILES string of the molecule is CCCCCCCCCCCCS(=O)(=O)c1cc(N2CCCC2)ccc1[N+](=O)[O-]. The van der Waals surface area contributed by atoms with Crippen molar-refractivity contribution in [3.05, 3.63) is 28.3 Å². The summed E-state index contributed by atoms with van der Waals surface area (Å²) < 4.78 is 25.7. The maximum atomic E-state index is 12.8. The highest BCUT2D eigenvalue weighted by molar-refractivity contribution is 7.91. The highest BCUT2D eigenvalue weighted by Crippen LogP contribution is 2.31. The fraction of sp³-hybridized carbons (Fsp3) is 0.727. The Balaban J connectivity index is 1.86. The maximum absolute atomic E-state index is 12.8. The number of anilines is 1. The zero-order valence-corrected chi connectivity index (χ0v) is 18.6. The Morgan fingerprint density at radius 2 is 1.48 bits per heavy atom. The average Bonchev–Trinajstić information content (AvgIpc) is 3.23. The van der Waals surface area contributed by atoms with Gasteiger partial charge in [-0.1, -0.05) is 64.7 Å². The molecule has 1 saturated heterocycles. The molecule has 0 aromatic heterocycles. The van der Waals surface area contributed by atoms with Crippen LogP contribution >= 0.6 is 0 Å². The normalized spacial score (nSPS) is 14.4. The fourth-order valence-corrected chi connectivity index (χ4v) is 5.53. The molecule has 0 unspecified atom stereocenters. The molecule has 6 nitrogen and oxygen atoms in total. The molecule has 0 spiro atoms.